The molecule has 0 aromatic carbocycles. The number of rotatable bonds is 1. The highest BCUT2D eigenvalue weighted by Gasteiger charge is 2.56. The minimum Gasteiger partial charge on any atom is -0.357 e. The van der Waals surface area contributed by atoms with E-state index in [1.54, 1.807) is 0 Å². The number of hydrogen-bond donors (Lipinski definition) is 2. The van der Waals surface area contributed by atoms with E-state index >= 15 is 0 Å². The maximum atomic E-state index is 4.93. The van der Waals surface area contributed by atoms with Crippen LogP contribution in [0.15, 0.2) is 0 Å². The molecular formula is C11H20NS+. The Labute approximate surface area is 85.9 Å². The molecule has 0 aromatic rings. The van der Waals surface area contributed by atoms with Crippen LogP contribution in [0.1, 0.15) is 38.5 Å². The molecule has 0 saturated heterocycles. The Morgan fingerprint density at radius 2 is 1.77 bits per heavy atom. The van der Waals surface area contributed by atoms with E-state index in [9.17, 15) is 0 Å². The van der Waals surface area contributed by atoms with Crippen molar-refractivity contribution >= 4 is 12.6 Å². The Bertz CT molecular complexity index is 224. The van der Waals surface area contributed by atoms with E-state index in [1.807, 2.05) is 0 Å². The Hall–Kier alpha value is 0.310. The molecule has 0 aliphatic heterocycles. The first kappa shape index (κ1) is 8.60. The standard InChI is InChI=1S/C11H19NS/c12-7-10-2-8-1-9(3-10)5-11(13,4-8)6-10/h8-9,13H,1-7,12H2/p+1/t8-,9+,10?,11?. The molecule has 4 bridgehead atoms. The summed E-state index contributed by atoms with van der Waals surface area (Å²) < 4.78 is 0.418. The van der Waals surface area contributed by atoms with Crippen LogP contribution in [0.25, 0.3) is 0 Å². The van der Waals surface area contributed by atoms with Gasteiger partial charge in [0, 0.05) is 10.2 Å². The molecule has 0 radical (unpaired) electrons. The quantitative estimate of drug-likeness (QED) is 0.598. The summed E-state index contributed by atoms with van der Waals surface area (Å²) in [7, 11) is 0. The predicted molar refractivity (Wildman–Crippen MR) is 56.6 cm³/mol. The molecule has 74 valence electrons. The lowest BCUT2D eigenvalue weighted by Crippen LogP contribution is -2.65. The van der Waals surface area contributed by atoms with Gasteiger partial charge < -0.3 is 5.73 Å². The Morgan fingerprint density at radius 1 is 1.15 bits per heavy atom. The summed E-state index contributed by atoms with van der Waals surface area (Å²) in [6.07, 6.45) is 8.59. The van der Waals surface area contributed by atoms with Crippen molar-refractivity contribution in [3.8, 4) is 0 Å². The van der Waals surface area contributed by atoms with Crippen LogP contribution < -0.4 is 5.73 Å². The molecule has 13 heavy (non-hydrogen) atoms. The Morgan fingerprint density at radius 3 is 2.23 bits per heavy atom. The maximum absolute atomic E-state index is 4.93. The second-order valence-electron chi connectivity index (χ2n) is 5.94. The van der Waals surface area contributed by atoms with Gasteiger partial charge in [-0.05, 0) is 50.4 Å². The first-order chi connectivity index (χ1) is 6.13. The largest absolute Gasteiger partial charge is 0.357 e. The molecule has 1 nitrogen and oxygen atoms in total. The molecular weight excluding hydrogens is 178 g/mol. The summed E-state index contributed by atoms with van der Waals surface area (Å²) in [5.41, 5.74) is 4.79. The molecule has 4 aliphatic carbocycles. The smallest absolute Gasteiger partial charge is 0.0797 e. The van der Waals surface area contributed by atoms with Crippen LogP contribution in [0.5, 0.6) is 0 Å². The van der Waals surface area contributed by atoms with Gasteiger partial charge in [-0.1, -0.05) is 0 Å². The van der Waals surface area contributed by atoms with E-state index < -0.39 is 0 Å². The van der Waals surface area contributed by atoms with Gasteiger partial charge in [0.2, 0.25) is 0 Å². The van der Waals surface area contributed by atoms with Gasteiger partial charge in [0.15, 0.2) is 0 Å². The lowest BCUT2D eigenvalue weighted by atomic mass is 9.49. The van der Waals surface area contributed by atoms with Crippen molar-refractivity contribution in [3.05, 3.63) is 0 Å². The first-order valence-corrected chi connectivity index (χ1v) is 6.10. The predicted octanol–water partition coefficient (Wildman–Crippen LogP) is 1.50. The third-order valence-corrected chi connectivity index (χ3v) is 5.20. The van der Waals surface area contributed by atoms with E-state index in [-0.39, 0.29) is 0 Å². The minimum absolute atomic E-state index is 0.418. The lowest BCUT2D eigenvalue weighted by Gasteiger charge is -2.59. The van der Waals surface area contributed by atoms with Crippen molar-refractivity contribution in [2.45, 2.75) is 43.3 Å². The molecule has 0 aromatic heterocycles. The van der Waals surface area contributed by atoms with Crippen molar-refractivity contribution in [2.75, 3.05) is 6.54 Å². The average Bonchev–Trinajstić information content (AvgIpc) is 1.99. The first-order valence-electron chi connectivity index (χ1n) is 5.65. The molecule has 4 rings (SSSR count). The fraction of sp³-hybridized carbons (Fsp3) is 1.00. The van der Waals surface area contributed by atoms with Crippen molar-refractivity contribution in [1.82, 2.24) is 0 Å². The van der Waals surface area contributed by atoms with Crippen LogP contribution >= 0.6 is 12.6 Å². The van der Waals surface area contributed by atoms with Crippen LogP contribution in [0.4, 0.5) is 0 Å². The van der Waals surface area contributed by atoms with E-state index in [2.05, 4.69) is 5.73 Å². The molecule has 4 aliphatic rings. The van der Waals surface area contributed by atoms with Gasteiger partial charge in [0.25, 0.3) is 0 Å². The summed E-state index contributed by atoms with van der Waals surface area (Å²) in [5.74, 6) is 2.00. The highest BCUT2D eigenvalue weighted by molar-refractivity contribution is 7.81. The van der Waals surface area contributed by atoms with Gasteiger partial charge in [0.1, 0.15) is 0 Å². The number of quaternary nitrogens is 1. The van der Waals surface area contributed by atoms with Crippen LogP contribution in [0, 0.1) is 17.3 Å². The average molecular weight is 198 g/mol. The van der Waals surface area contributed by atoms with Crippen molar-refractivity contribution in [1.29, 1.82) is 0 Å². The molecule has 2 heteroatoms. The second-order valence-corrected chi connectivity index (χ2v) is 6.88. The molecule has 0 amide bonds. The molecule has 2 unspecified atom stereocenters. The Kier molecular flexibility index (Phi) is 1.63. The second kappa shape index (κ2) is 2.46. The SMILES string of the molecule is [NH3+]CC12C[C@@H]3C[C@@H](CC(S)(C3)C1)C2. The lowest BCUT2D eigenvalue weighted by molar-refractivity contribution is -0.402. The number of thiol groups is 1. The highest BCUT2D eigenvalue weighted by atomic mass is 32.1. The Balaban J connectivity index is 1.95. The van der Waals surface area contributed by atoms with E-state index in [0.29, 0.717) is 10.2 Å². The van der Waals surface area contributed by atoms with Crippen molar-refractivity contribution in [2.24, 2.45) is 17.3 Å². The topological polar surface area (TPSA) is 27.6 Å². The third kappa shape index (κ3) is 1.18. The zero-order chi connectivity index (χ0) is 9.10. The normalized spacial score (nSPS) is 58.6. The highest BCUT2D eigenvalue weighted by Crippen LogP contribution is 2.62. The van der Waals surface area contributed by atoms with Gasteiger partial charge in [-0.25, -0.2) is 0 Å². The fourth-order valence-electron chi connectivity index (χ4n) is 4.69. The van der Waals surface area contributed by atoms with Crippen molar-refractivity contribution < 1.29 is 5.73 Å². The summed E-state index contributed by atoms with van der Waals surface area (Å²) >= 11 is 4.93. The fourth-order valence-corrected chi connectivity index (χ4v) is 5.55. The van der Waals surface area contributed by atoms with Gasteiger partial charge in [0.05, 0.1) is 6.54 Å². The zero-order valence-electron chi connectivity index (χ0n) is 8.26. The van der Waals surface area contributed by atoms with Gasteiger partial charge >= 0.3 is 0 Å². The minimum atomic E-state index is 0.418. The van der Waals surface area contributed by atoms with Gasteiger partial charge in [-0.2, -0.15) is 12.6 Å². The maximum Gasteiger partial charge on any atom is 0.0797 e. The molecule has 0 heterocycles. The molecule has 4 atom stereocenters. The molecule has 3 N–H and O–H groups in total. The molecule has 0 spiro atoms. The zero-order valence-corrected chi connectivity index (χ0v) is 9.15. The van der Waals surface area contributed by atoms with E-state index in [4.69, 9.17) is 12.6 Å². The number of hydrogen-bond acceptors (Lipinski definition) is 1. The summed E-state index contributed by atoms with van der Waals surface area (Å²) in [4.78, 5) is 0. The summed E-state index contributed by atoms with van der Waals surface area (Å²) in [5, 5.41) is 0. The third-order valence-electron chi connectivity index (χ3n) is 4.68. The van der Waals surface area contributed by atoms with E-state index in [0.717, 1.165) is 18.4 Å². The molecule has 4 saturated carbocycles. The summed E-state index contributed by atoms with van der Waals surface area (Å²) in [6.45, 7) is 1.16. The van der Waals surface area contributed by atoms with E-state index in [1.165, 1.54) is 38.5 Å². The van der Waals surface area contributed by atoms with Crippen LogP contribution in [0.2, 0.25) is 0 Å². The van der Waals surface area contributed by atoms with Crippen LogP contribution in [-0.4, -0.2) is 11.3 Å². The van der Waals surface area contributed by atoms with Crippen LogP contribution in [0.3, 0.4) is 0 Å². The monoisotopic (exact) mass is 198 g/mol. The summed E-state index contributed by atoms with van der Waals surface area (Å²) in [6, 6.07) is 0. The van der Waals surface area contributed by atoms with Gasteiger partial charge in [-0.3, -0.25) is 0 Å². The molecule has 4 fully saturated rings. The van der Waals surface area contributed by atoms with Crippen LogP contribution in [-0.2, 0) is 0 Å². The van der Waals surface area contributed by atoms with Crippen molar-refractivity contribution in [3.63, 3.8) is 0 Å². The van der Waals surface area contributed by atoms with Gasteiger partial charge in [-0.15, -0.1) is 0 Å².